The van der Waals surface area contributed by atoms with E-state index in [-0.39, 0.29) is 12.6 Å². The van der Waals surface area contributed by atoms with Crippen LogP contribution in [0.5, 0.6) is 0 Å². The maximum absolute atomic E-state index is 10.7. The fourth-order valence-corrected chi connectivity index (χ4v) is 2.66. The van der Waals surface area contributed by atoms with Crippen molar-refractivity contribution in [2.24, 2.45) is 16.5 Å². The Bertz CT molecular complexity index is 1010. The summed E-state index contributed by atoms with van der Waals surface area (Å²) in [6, 6.07) is 14.1. The molecule has 0 fully saturated rings. The molecule has 0 spiro atoms. The highest BCUT2D eigenvalue weighted by Gasteiger charge is 2.14. The van der Waals surface area contributed by atoms with E-state index in [0.29, 0.717) is 22.6 Å². The molecule has 0 atom stereocenters. The SMILES string of the molecule is NC(N)=Nc1ccccc1-c1cn(-c2ccc(COP(=O)(O)O)cc2)nn1. The molecule has 0 bridgehead atoms. The summed E-state index contributed by atoms with van der Waals surface area (Å²) in [6.07, 6.45) is 1.72. The highest BCUT2D eigenvalue weighted by molar-refractivity contribution is 7.46. The highest BCUT2D eigenvalue weighted by atomic mass is 31.2. The second kappa shape index (κ2) is 7.68. The van der Waals surface area contributed by atoms with Gasteiger partial charge in [0.25, 0.3) is 0 Å². The van der Waals surface area contributed by atoms with Crippen molar-refractivity contribution in [1.29, 1.82) is 0 Å². The van der Waals surface area contributed by atoms with Crippen molar-refractivity contribution in [2.75, 3.05) is 0 Å². The van der Waals surface area contributed by atoms with Crippen molar-refractivity contribution in [2.45, 2.75) is 6.61 Å². The molecule has 0 aliphatic carbocycles. The molecular formula is C16H17N6O4P. The van der Waals surface area contributed by atoms with Gasteiger partial charge in [-0.2, -0.15) is 0 Å². The summed E-state index contributed by atoms with van der Waals surface area (Å²) in [7, 11) is -4.50. The van der Waals surface area contributed by atoms with Gasteiger partial charge >= 0.3 is 7.82 Å². The quantitative estimate of drug-likeness (QED) is 0.280. The van der Waals surface area contributed by atoms with Crippen LogP contribution >= 0.6 is 7.82 Å². The first kappa shape index (κ1) is 18.7. The van der Waals surface area contributed by atoms with Crippen molar-refractivity contribution in [1.82, 2.24) is 15.0 Å². The van der Waals surface area contributed by atoms with Gasteiger partial charge in [-0.3, -0.25) is 4.52 Å². The number of aromatic nitrogens is 3. The minimum atomic E-state index is -4.50. The lowest BCUT2D eigenvalue weighted by atomic mass is 10.1. The Kier molecular flexibility index (Phi) is 5.33. The minimum Gasteiger partial charge on any atom is -0.370 e. The van der Waals surface area contributed by atoms with Crippen LogP contribution in [-0.4, -0.2) is 30.7 Å². The monoisotopic (exact) mass is 388 g/mol. The number of rotatable bonds is 6. The zero-order valence-electron chi connectivity index (χ0n) is 14.0. The molecule has 3 aromatic rings. The number of phosphoric acid groups is 1. The van der Waals surface area contributed by atoms with Gasteiger partial charge in [-0.15, -0.1) is 5.10 Å². The minimum absolute atomic E-state index is 0.0528. The molecule has 0 saturated carbocycles. The van der Waals surface area contributed by atoms with Gasteiger partial charge in [0, 0.05) is 5.56 Å². The van der Waals surface area contributed by atoms with Crippen LogP contribution in [0.2, 0.25) is 0 Å². The molecule has 0 aliphatic heterocycles. The van der Waals surface area contributed by atoms with E-state index in [4.69, 9.17) is 21.3 Å². The lowest BCUT2D eigenvalue weighted by Crippen LogP contribution is -2.21. The van der Waals surface area contributed by atoms with Crippen LogP contribution in [0.25, 0.3) is 16.9 Å². The predicted molar refractivity (Wildman–Crippen MR) is 99.1 cm³/mol. The number of para-hydroxylation sites is 1. The number of guanidine groups is 1. The number of hydrogen-bond donors (Lipinski definition) is 4. The Balaban J connectivity index is 1.83. The van der Waals surface area contributed by atoms with Gasteiger partial charge in [0.2, 0.25) is 0 Å². The van der Waals surface area contributed by atoms with Gasteiger partial charge in [-0.1, -0.05) is 35.5 Å². The third-order valence-corrected chi connectivity index (χ3v) is 3.99. The molecule has 140 valence electrons. The summed E-state index contributed by atoms with van der Waals surface area (Å²) in [5.74, 6) is -0.0528. The molecule has 0 unspecified atom stereocenters. The molecular weight excluding hydrogens is 371 g/mol. The van der Waals surface area contributed by atoms with Crippen LogP contribution in [-0.2, 0) is 15.7 Å². The second-order valence-electron chi connectivity index (χ2n) is 5.53. The van der Waals surface area contributed by atoms with Crippen molar-refractivity contribution in [3.63, 3.8) is 0 Å². The van der Waals surface area contributed by atoms with Gasteiger partial charge in [-0.25, -0.2) is 14.2 Å². The summed E-state index contributed by atoms with van der Waals surface area (Å²) in [5.41, 5.74) is 14.1. The van der Waals surface area contributed by atoms with Crippen LogP contribution in [0.4, 0.5) is 5.69 Å². The molecule has 0 aliphatic rings. The van der Waals surface area contributed by atoms with E-state index < -0.39 is 7.82 Å². The van der Waals surface area contributed by atoms with Crippen LogP contribution in [0.1, 0.15) is 5.56 Å². The molecule has 0 radical (unpaired) electrons. The van der Waals surface area contributed by atoms with Crippen LogP contribution in [0.3, 0.4) is 0 Å². The standard InChI is InChI=1S/C16H17N6O4P/c17-16(18)19-14-4-2-1-3-13(14)15-9-22(21-20-15)12-7-5-11(6-8-12)10-26-27(23,24)25/h1-9H,10H2,(H4,17,18,19)(H2,23,24,25). The van der Waals surface area contributed by atoms with E-state index in [2.05, 4.69) is 19.8 Å². The first-order chi connectivity index (χ1) is 12.8. The first-order valence-electron chi connectivity index (χ1n) is 7.72. The molecule has 0 saturated heterocycles. The van der Waals surface area contributed by atoms with E-state index >= 15 is 0 Å². The molecule has 11 heteroatoms. The molecule has 0 amide bonds. The maximum Gasteiger partial charge on any atom is 0.469 e. The second-order valence-corrected chi connectivity index (χ2v) is 6.77. The van der Waals surface area contributed by atoms with E-state index in [0.717, 1.165) is 5.56 Å². The molecule has 10 nitrogen and oxygen atoms in total. The van der Waals surface area contributed by atoms with Crippen molar-refractivity contribution >= 4 is 19.5 Å². The van der Waals surface area contributed by atoms with Crippen LogP contribution in [0.15, 0.2) is 59.7 Å². The highest BCUT2D eigenvalue weighted by Crippen LogP contribution is 2.37. The van der Waals surface area contributed by atoms with E-state index in [1.807, 2.05) is 18.2 Å². The largest absolute Gasteiger partial charge is 0.469 e. The molecule has 2 aromatic carbocycles. The van der Waals surface area contributed by atoms with Crippen molar-refractivity contribution < 1.29 is 18.9 Å². The van der Waals surface area contributed by atoms with Crippen LogP contribution < -0.4 is 11.5 Å². The summed E-state index contributed by atoms with van der Waals surface area (Å²) in [4.78, 5) is 21.6. The molecule has 1 aromatic heterocycles. The Morgan fingerprint density at radius 2 is 1.85 bits per heavy atom. The Hall–Kier alpha value is -3.04. The number of hydrogen-bond acceptors (Lipinski definition) is 5. The van der Waals surface area contributed by atoms with Gasteiger partial charge in [-0.05, 0) is 23.8 Å². The van der Waals surface area contributed by atoms with Gasteiger partial charge < -0.3 is 21.3 Å². The normalized spacial score (nSPS) is 11.3. The van der Waals surface area contributed by atoms with Crippen molar-refractivity contribution in [3.05, 3.63) is 60.3 Å². The topological polar surface area (TPSA) is 162 Å². The molecule has 3 rings (SSSR count). The molecule has 27 heavy (non-hydrogen) atoms. The average Bonchev–Trinajstić information content (AvgIpc) is 3.10. The number of nitrogens with zero attached hydrogens (tertiary/aromatic N) is 4. The van der Waals surface area contributed by atoms with E-state index in [1.54, 1.807) is 41.2 Å². The number of aliphatic imine (C=N–C) groups is 1. The smallest absolute Gasteiger partial charge is 0.370 e. The predicted octanol–water partition coefficient (Wildman–Crippen LogP) is 1.45. The van der Waals surface area contributed by atoms with Crippen molar-refractivity contribution in [3.8, 4) is 16.9 Å². The summed E-state index contributed by atoms with van der Waals surface area (Å²) in [6.45, 7) is -0.195. The Morgan fingerprint density at radius 3 is 2.52 bits per heavy atom. The van der Waals surface area contributed by atoms with E-state index in [1.165, 1.54) is 0 Å². The third-order valence-electron chi connectivity index (χ3n) is 3.52. The van der Waals surface area contributed by atoms with E-state index in [9.17, 15) is 4.57 Å². The third kappa shape index (κ3) is 4.99. The Morgan fingerprint density at radius 1 is 1.15 bits per heavy atom. The lowest BCUT2D eigenvalue weighted by Gasteiger charge is -2.06. The fraction of sp³-hybridized carbons (Fsp3) is 0.0625. The maximum atomic E-state index is 10.7. The number of phosphoric ester groups is 1. The van der Waals surface area contributed by atoms with Gasteiger partial charge in [0.1, 0.15) is 5.69 Å². The molecule has 1 heterocycles. The average molecular weight is 388 g/mol. The molecule has 6 N–H and O–H groups in total. The lowest BCUT2D eigenvalue weighted by molar-refractivity contribution is 0.189. The summed E-state index contributed by atoms with van der Waals surface area (Å²) >= 11 is 0. The fourth-order valence-electron chi connectivity index (χ4n) is 2.34. The zero-order chi connectivity index (χ0) is 19.4. The van der Waals surface area contributed by atoms with Crippen LogP contribution in [0, 0.1) is 0 Å². The number of benzene rings is 2. The zero-order valence-corrected chi connectivity index (χ0v) is 14.9. The summed E-state index contributed by atoms with van der Waals surface area (Å²) in [5, 5.41) is 8.25. The Labute approximate surface area is 154 Å². The van der Waals surface area contributed by atoms with Gasteiger partial charge in [0.05, 0.1) is 24.2 Å². The number of nitrogens with two attached hydrogens (primary N) is 2. The van der Waals surface area contributed by atoms with Gasteiger partial charge in [0.15, 0.2) is 5.96 Å². The summed E-state index contributed by atoms with van der Waals surface area (Å²) < 4.78 is 16.8. The first-order valence-corrected chi connectivity index (χ1v) is 9.26.